The summed E-state index contributed by atoms with van der Waals surface area (Å²) in [5, 5.41) is 23.7. The highest BCUT2D eigenvalue weighted by molar-refractivity contribution is 6.23. The Labute approximate surface area is 188 Å². The van der Waals surface area contributed by atoms with Crippen molar-refractivity contribution in [3.05, 3.63) is 99.1 Å². The highest BCUT2D eigenvalue weighted by Gasteiger charge is 2.42. The third-order valence-electron chi connectivity index (χ3n) is 5.43. The van der Waals surface area contributed by atoms with Crippen LogP contribution in [-0.2, 0) is 11.2 Å². The van der Waals surface area contributed by atoms with Gasteiger partial charge in [0.2, 0.25) is 5.91 Å². The molecule has 0 fully saturated rings. The number of non-ortho nitro benzene ring substituents is 1. The lowest BCUT2D eigenvalue weighted by Crippen LogP contribution is -2.48. The first kappa shape index (κ1) is 21.7. The number of fused-ring (bicyclic) bond motifs is 1. The highest BCUT2D eigenvalue weighted by Crippen LogP contribution is 2.29. The van der Waals surface area contributed by atoms with Gasteiger partial charge in [-0.2, -0.15) is 0 Å². The minimum Gasteiger partial charge on any atom is -0.506 e. The van der Waals surface area contributed by atoms with Crippen LogP contribution in [0.25, 0.3) is 0 Å². The number of carbonyl (C=O) groups is 3. The Morgan fingerprint density at radius 1 is 1.03 bits per heavy atom. The summed E-state index contributed by atoms with van der Waals surface area (Å²) < 4.78 is 0. The molecule has 166 valence electrons. The smallest absolute Gasteiger partial charge is 0.269 e. The van der Waals surface area contributed by atoms with E-state index >= 15 is 0 Å². The van der Waals surface area contributed by atoms with Crippen LogP contribution < -0.4 is 5.32 Å². The largest absolute Gasteiger partial charge is 0.506 e. The van der Waals surface area contributed by atoms with E-state index < -0.39 is 28.7 Å². The second-order valence-electron chi connectivity index (χ2n) is 7.68. The van der Waals surface area contributed by atoms with Crippen LogP contribution in [0.3, 0.4) is 0 Å². The number of aromatic hydroxyl groups is 1. The number of anilines is 1. The van der Waals surface area contributed by atoms with E-state index in [1.165, 1.54) is 48.5 Å². The quantitative estimate of drug-likeness (QED) is 0.259. The van der Waals surface area contributed by atoms with Gasteiger partial charge in [-0.05, 0) is 42.3 Å². The van der Waals surface area contributed by atoms with Gasteiger partial charge in [0.25, 0.3) is 17.5 Å². The van der Waals surface area contributed by atoms with E-state index in [-0.39, 0.29) is 34.7 Å². The first-order valence-electron chi connectivity index (χ1n) is 10.1. The molecule has 9 heteroatoms. The summed E-state index contributed by atoms with van der Waals surface area (Å²) in [6.07, 6.45) is -0.0675. The number of hydrogen-bond acceptors (Lipinski definition) is 6. The average molecular weight is 445 g/mol. The average Bonchev–Trinajstić information content (AvgIpc) is 3.04. The second kappa shape index (κ2) is 8.54. The van der Waals surface area contributed by atoms with Crippen LogP contribution in [0, 0.1) is 17.0 Å². The van der Waals surface area contributed by atoms with Gasteiger partial charge >= 0.3 is 0 Å². The Balaban J connectivity index is 1.69. The van der Waals surface area contributed by atoms with Gasteiger partial charge in [-0.3, -0.25) is 29.4 Å². The molecular formula is C24H19N3O6. The van der Waals surface area contributed by atoms with Crippen molar-refractivity contribution in [1.29, 1.82) is 0 Å². The molecule has 1 aliphatic heterocycles. The number of phenols is 1. The molecule has 0 unspecified atom stereocenters. The molecule has 0 radical (unpaired) electrons. The summed E-state index contributed by atoms with van der Waals surface area (Å²) in [5.74, 6) is -2.04. The molecule has 0 spiro atoms. The molecule has 1 heterocycles. The molecule has 2 N–H and O–H groups in total. The third kappa shape index (κ3) is 4.16. The SMILES string of the molecule is Cc1ccc(NC(=O)[C@@H](Cc2ccc([N+](=O)[O-])cc2)N2C(=O)c3ccccc3C2=O)c(O)c1. The van der Waals surface area contributed by atoms with Crippen molar-refractivity contribution in [2.45, 2.75) is 19.4 Å². The standard InChI is InChI=1S/C24H19N3O6/c1-14-6-11-19(21(28)12-14)25-22(29)20(13-15-7-9-16(10-8-15)27(32)33)26-23(30)17-4-2-3-5-18(17)24(26)31/h2-12,20,28H,13H2,1H3,(H,25,29)/t20-/m1/s1. The number of nitro benzene ring substituents is 1. The zero-order valence-electron chi connectivity index (χ0n) is 17.5. The summed E-state index contributed by atoms with van der Waals surface area (Å²) in [4.78, 5) is 50.7. The summed E-state index contributed by atoms with van der Waals surface area (Å²) >= 11 is 0. The van der Waals surface area contributed by atoms with Crippen molar-refractivity contribution in [2.24, 2.45) is 0 Å². The van der Waals surface area contributed by atoms with Crippen LogP contribution in [0.5, 0.6) is 5.75 Å². The molecule has 33 heavy (non-hydrogen) atoms. The fourth-order valence-corrected chi connectivity index (χ4v) is 3.73. The van der Waals surface area contributed by atoms with Crippen LogP contribution >= 0.6 is 0 Å². The number of nitrogens with zero attached hydrogens (tertiary/aromatic N) is 2. The first-order chi connectivity index (χ1) is 15.8. The zero-order chi connectivity index (χ0) is 23.7. The summed E-state index contributed by atoms with van der Waals surface area (Å²) in [7, 11) is 0. The van der Waals surface area contributed by atoms with E-state index in [1.54, 1.807) is 25.1 Å². The molecule has 1 atom stereocenters. The summed E-state index contributed by atoms with van der Waals surface area (Å²) in [5.41, 5.74) is 1.71. The number of carbonyl (C=O) groups excluding carboxylic acids is 3. The lowest BCUT2D eigenvalue weighted by atomic mass is 10.0. The molecular weight excluding hydrogens is 426 g/mol. The predicted octanol–water partition coefficient (Wildman–Crippen LogP) is 3.45. The summed E-state index contributed by atoms with van der Waals surface area (Å²) in [6.45, 7) is 1.78. The van der Waals surface area contributed by atoms with Gasteiger partial charge in [0, 0.05) is 18.6 Å². The second-order valence-corrected chi connectivity index (χ2v) is 7.68. The first-order valence-corrected chi connectivity index (χ1v) is 10.1. The molecule has 4 rings (SSSR count). The number of aryl methyl sites for hydroxylation is 1. The Bertz CT molecular complexity index is 1250. The number of imide groups is 1. The highest BCUT2D eigenvalue weighted by atomic mass is 16.6. The minimum atomic E-state index is -1.25. The molecule has 0 saturated heterocycles. The monoisotopic (exact) mass is 445 g/mol. The minimum absolute atomic E-state index is 0.0675. The lowest BCUT2D eigenvalue weighted by Gasteiger charge is -2.25. The van der Waals surface area contributed by atoms with Crippen LogP contribution in [0.2, 0.25) is 0 Å². The van der Waals surface area contributed by atoms with Gasteiger partial charge in [-0.1, -0.05) is 30.3 Å². The van der Waals surface area contributed by atoms with E-state index in [9.17, 15) is 29.6 Å². The fourth-order valence-electron chi connectivity index (χ4n) is 3.73. The van der Waals surface area contributed by atoms with Gasteiger partial charge in [0.15, 0.2) is 0 Å². The van der Waals surface area contributed by atoms with Crippen LogP contribution in [-0.4, -0.2) is 38.7 Å². The third-order valence-corrected chi connectivity index (χ3v) is 5.43. The summed E-state index contributed by atoms with van der Waals surface area (Å²) in [6, 6.07) is 15.3. The number of amides is 3. The molecule has 0 saturated carbocycles. The van der Waals surface area contributed by atoms with Gasteiger partial charge in [0.1, 0.15) is 11.8 Å². The zero-order valence-corrected chi connectivity index (χ0v) is 17.5. The molecule has 9 nitrogen and oxygen atoms in total. The molecule has 0 aromatic heterocycles. The molecule has 3 aromatic rings. The number of benzene rings is 3. The molecule has 0 bridgehead atoms. The van der Waals surface area contributed by atoms with Gasteiger partial charge < -0.3 is 10.4 Å². The van der Waals surface area contributed by atoms with Crippen molar-refractivity contribution in [3.8, 4) is 5.75 Å². The number of hydrogen-bond donors (Lipinski definition) is 2. The van der Waals surface area contributed by atoms with Crippen molar-refractivity contribution in [2.75, 3.05) is 5.32 Å². The predicted molar refractivity (Wildman–Crippen MR) is 119 cm³/mol. The maximum Gasteiger partial charge on any atom is 0.269 e. The number of nitrogens with one attached hydrogen (secondary N) is 1. The maximum atomic E-state index is 13.3. The van der Waals surface area contributed by atoms with Crippen LogP contribution in [0.1, 0.15) is 31.8 Å². The maximum absolute atomic E-state index is 13.3. The number of nitro groups is 1. The Morgan fingerprint density at radius 2 is 1.64 bits per heavy atom. The fraction of sp³-hybridized carbons (Fsp3) is 0.125. The molecule has 1 aliphatic rings. The molecule has 3 aromatic carbocycles. The normalized spacial score (nSPS) is 13.5. The van der Waals surface area contributed by atoms with Gasteiger partial charge in [-0.25, -0.2) is 0 Å². The van der Waals surface area contributed by atoms with Crippen molar-refractivity contribution < 1.29 is 24.4 Å². The van der Waals surface area contributed by atoms with E-state index in [0.29, 0.717) is 5.56 Å². The Morgan fingerprint density at radius 3 is 2.18 bits per heavy atom. The Hall–Kier alpha value is -4.53. The van der Waals surface area contributed by atoms with Gasteiger partial charge in [-0.15, -0.1) is 0 Å². The molecule has 0 aliphatic carbocycles. The number of rotatable bonds is 6. The van der Waals surface area contributed by atoms with E-state index in [0.717, 1.165) is 10.5 Å². The van der Waals surface area contributed by atoms with Crippen molar-refractivity contribution >= 4 is 29.1 Å². The van der Waals surface area contributed by atoms with Crippen LogP contribution in [0.4, 0.5) is 11.4 Å². The van der Waals surface area contributed by atoms with E-state index in [1.807, 2.05) is 0 Å². The van der Waals surface area contributed by atoms with Crippen molar-refractivity contribution in [3.63, 3.8) is 0 Å². The number of phenolic OH excluding ortho intramolecular Hbond substituents is 1. The van der Waals surface area contributed by atoms with Crippen LogP contribution in [0.15, 0.2) is 66.7 Å². The Kier molecular flexibility index (Phi) is 5.61. The van der Waals surface area contributed by atoms with E-state index in [4.69, 9.17) is 0 Å². The van der Waals surface area contributed by atoms with E-state index in [2.05, 4.69) is 5.32 Å². The molecule has 3 amide bonds. The topological polar surface area (TPSA) is 130 Å². The van der Waals surface area contributed by atoms with Crippen molar-refractivity contribution in [1.82, 2.24) is 4.90 Å². The van der Waals surface area contributed by atoms with Gasteiger partial charge in [0.05, 0.1) is 21.7 Å². The lowest BCUT2D eigenvalue weighted by molar-refractivity contribution is -0.384.